The van der Waals surface area contributed by atoms with Gasteiger partial charge in [0, 0.05) is 46.4 Å². The number of amides is 1. The standard InChI is InChI=1S/C25H26Cl3NO2/c1-16(30)13-18-15-25(24-20(18)3-2-4-21(24)27)9-11-29(12-10-25)23(31)8-6-17-5-7-19(26)14-22(17)28/h2-5,7,14,18H,6,8-13,15H2,1H3. The Balaban J connectivity index is 1.43. The Kier molecular flexibility index (Phi) is 6.67. The van der Waals surface area contributed by atoms with Crippen LogP contribution in [0.15, 0.2) is 36.4 Å². The zero-order chi connectivity index (χ0) is 22.2. The van der Waals surface area contributed by atoms with Crippen LogP contribution in [0.25, 0.3) is 0 Å². The molecule has 0 N–H and O–H groups in total. The van der Waals surface area contributed by atoms with E-state index < -0.39 is 0 Å². The van der Waals surface area contributed by atoms with Gasteiger partial charge in [0.15, 0.2) is 0 Å². The predicted molar refractivity (Wildman–Crippen MR) is 126 cm³/mol. The molecule has 164 valence electrons. The summed E-state index contributed by atoms with van der Waals surface area (Å²) in [7, 11) is 0. The molecule has 1 aliphatic heterocycles. The topological polar surface area (TPSA) is 37.4 Å². The quantitative estimate of drug-likeness (QED) is 0.485. The van der Waals surface area contributed by atoms with Crippen LogP contribution in [0.5, 0.6) is 0 Å². The molecule has 0 radical (unpaired) electrons. The number of likely N-dealkylation sites (tertiary alicyclic amines) is 1. The minimum atomic E-state index is -0.0376. The summed E-state index contributed by atoms with van der Waals surface area (Å²) < 4.78 is 0. The number of nitrogens with zero attached hydrogens (tertiary/aromatic N) is 1. The second-order valence-electron chi connectivity index (χ2n) is 8.91. The molecule has 1 heterocycles. The van der Waals surface area contributed by atoms with E-state index in [9.17, 15) is 9.59 Å². The highest BCUT2D eigenvalue weighted by Crippen LogP contribution is 2.55. The Hall–Kier alpha value is -1.55. The normalized spacial score (nSPS) is 19.5. The van der Waals surface area contributed by atoms with Crippen molar-refractivity contribution in [2.45, 2.75) is 56.8 Å². The Labute approximate surface area is 198 Å². The van der Waals surface area contributed by atoms with Crippen LogP contribution in [0.4, 0.5) is 0 Å². The third-order valence-electron chi connectivity index (χ3n) is 6.88. The third-order valence-corrected chi connectivity index (χ3v) is 7.79. The largest absolute Gasteiger partial charge is 0.343 e. The Morgan fingerprint density at radius 2 is 1.81 bits per heavy atom. The fraction of sp³-hybridized carbons (Fsp3) is 0.440. The lowest BCUT2D eigenvalue weighted by Crippen LogP contribution is -2.44. The lowest BCUT2D eigenvalue weighted by molar-refractivity contribution is -0.132. The van der Waals surface area contributed by atoms with Gasteiger partial charge in [0.2, 0.25) is 5.91 Å². The smallest absolute Gasteiger partial charge is 0.222 e. The molecule has 2 aromatic rings. The number of hydrogen-bond acceptors (Lipinski definition) is 2. The maximum Gasteiger partial charge on any atom is 0.222 e. The van der Waals surface area contributed by atoms with Gasteiger partial charge < -0.3 is 9.69 Å². The average Bonchev–Trinajstić information content (AvgIpc) is 3.01. The Morgan fingerprint density at radius 3 is 2.48 bits per heavy atom. The van der Waals surface area contributed by atoms with Crippen molar-refractivity contribution < 1.29 is 9.59 Å². The fourth-order valence-electron chi connectivity index (χ4n) is 5.42. The number of benzene rings is 2. The molecule has 1 saturated heterocycles. The first-order valence-electron chi connectivity index (χ1n) is 10.8. The summed E-state index contributed by atoms with van der Waals surface area (Å²) in [6.07, 6.45) is 4.29. The molecule has 1 fully saturated rings. The fourth-order valence-corrected chi connectivity index (χ4v) is 6.30. The number of aryl methyl sites for hydroxylation is 1. The minimum absolute atomic E-state index is 0.0376. The van der Waals surface area contributed by atoms with Crippen LogP contribution < -0.4 is 0 Å². The van der Waals surface area contributed by atoms with Crippen molar-refractivity contribution in [1.82, 2.24) is 4.90 Å². The zero-order valence-electron chi connectivity index (χ0n) is 17.6. The molecule has 4 rings (SSSR count). The van der Waals surface area contributed by atoms with Gasteiger partial charge in [0.25, 0.3) is 0 Å². The molecule has 3 nitrogen and oxygen atoms in total. The number of ketones is 1. The van der Waals surface area contributed by atoms with E-state index in [1.807, 2.05) is 23.1 Å². The van der Waals surface area contributed by atoms with Crippen LogP contribution in [-0.4, -0.2) is 29.7 Å². The summed E-state index contributed by atoms with van der Waals surface area (Å²) in [5, 5.41) is 1.99. The van der Waals surface area contributed by atoms with Crippen LogP contribution in [0.2, 0.25) is 15.1 Å². The second kappa shape index (κ2) is 9.13. The number of fused-ring (bicyclic) bond motifs is 2. The molecule has 1 atom stereocenters. The number of halogens is 3. The maximum absolute atomic E-state index is 12.9. The summed E-state index contributed by atoms with van der Waals surface area (Å²) >= 11 is 18.9. The minimum Gasteiger partial charge on any atom is -0.343 e. The number of Topliss-reactive ketones (excluding diaryl/α,β-unsaturated/α-hetero) is 1. The summed E-state index contributed by atoms with van der Waals surface area (Å²) in [6.45, 7) is 3.08. The first-order chi connectivity index (χ1) is 14.8. The molecule has 31 heavy (non-hydrogen) atoms. The molecule has 1 aliphatic carbocycles. The molecule has 1 amide bonds. The SMILES string of the molecule is CC(=O)CC1CC2(CCN(C(=O)CCc3ccc(Cl)cc3Cl)CC2)c2c(Cl)cccc21. The van der Waals surface area contributed by atoms with E-state index in [4.69, 9.17) is 34.8 Å². The number of piperidine rings is 1. The monoisotopic (exact) mass is 477 g/mol. The Bertz CT molecular complexity index is 1010. The van der Waals surface area contributed by atoms with Crippen LogP contribution in [0, 0.1) is 0 Å². The maximum atomic E-state index is 12.9. The van der Waals surface area contributed by atoms with Gasteiger partial charge in [0.1, 0.15) is 5.78 Å². The van der Waals surface area contributed by atoms with Gasteiger partial charge in [-0.05, 0) is 73.4 Å². The molecule has 1 unspecified atom stereocenters. The number of hydrogen-bond donors (Lipinski definition) is 0. The predicted octanol–water partition coefficient (Wildman–Crippen LogP) is 6.61. The molecule has 6 heteroatoms. The van der Waals surface area contributed by atoms with Crippen molar-refractivity contribution in [3.05, 3.63) is 68.2 Å². The van der Waals surface area contributed by atoms with Gasteiger partial charge >= 0.3 is 0 Å². The molecular weight excluding hydrogens is 453 g/mol. The Morgan fingerprint density at radius 1 is 1.06 bits per heavy atom. The van der Waals surface area contributed by atoms with E-state index in [1.165, 1.54) is 11.1 Å². The van der Waals surface area contributed by atoms with Crippen molar-refractivity contribution >= 4 is 46.5 Å². The lowest BCUT2D eigenvalue weighted by atomic mass is 9.73. The van der Waals surface area contributed by atoms with E-state index in [2.05, 4.69) is 6.07 Å². The van der Waals surface area contributed by atoms with Gasteiger partial charge in [-0.15, -0.1) is 0 Å². The number of rotatable bonds is 5. The van der Waals surface area contributed by atoms with E-state index in [-0.39, 0.29) is 23.0 Å². The van der Waals surface area contributed by atoms with E-state index >= 15 is 0 Å². The summed E-state index contributed by atoms with van der Waals surface area (Å²) in [5.41, 5.74) is 3.34. The van der Waals surface area contributed by atoms with Crippen LogP contribution in [0.3, 0.4) is 0 Å². The molecule has 2 aromatic carbocycles. The van der Waals surface area contributed by atoms with Crippen molar-refractivity contribution in [3.63, 3.8) is 0 Å². The van der Waals surface area contributed by atoms with E-state index in [0.29, 0.717) is 42.4 Å². The highest BCUT2D eigenvalue weighted by molar-refractivity contribution is 6.35. The van der Waals surface area contributed by atoms with Crippen molar-refractivity contribution in [2.75, 3.05) is 13.1 Å². The summed E-state index contributed by atoms with van der Waals surface area (Å²) in [6, 6.07) is 11.5. The molecule has 1 spiro atoms. The molecule has 0 aromatic heterocycles. The average molecular weight is 479 g/mol. The van der Waals surface area contributed by atoms with Crippen LogP contribution >= 0.6 is 34.8 Å². The van der Waals surface area contributed by atoms with Crippen molar-refractivity contribution in [1.29, 1.82) is 0 Å². The van der Waals surface area contributed by atoms with Crippen LogP contribution in [0.1, 0.15) is 61.6 Å². The van der Waals surface area contributed by atoms with Gasteiger partial charge in [-0.3, -0.25) is 4.79 Å². The third kappa shape index (κ3) is 4.65. The molecule has 2 aliphatic rings. The second-order valence-corrected chi connectivity index (χ2v) is 10.2. The molecular formula is C25H26Cl3NO2. The van der Waals surface area contributed by atoms with Gasteiger partial charge in [-0.1, -0.05) is 53.0 Å². The van der Waals surface area contributed by atoms with E-state index in [1.54, 1.807) is 19.1 Å². The van der Waals surface area contributed by atoms with E-state index in [0.717, 1.165) is 29.8 Å². The van der Waals surface area contributed by atoms with Gasteiger partial charge in [-0.25, -0.2) is 0 Å². The van der Waals surface area contributed by atoms with Gasteiger partial charge in [-0.2, -0.15) is 0 Å². The van der Waals surface area contributed by atoms with Crippen molar-refractivity contribution in [2.24, 2.45) is 0 Å². The summed E-state index contributed by atoms with van der Waals surface area (Å²) in [4.78, 5) is 26.7. The first kappa shape index (κ1) is 22.6. The number of carbonyl (C=O) groups excluding carboxylic acids is 2. The highest BCUT2D eigenvalue weighted by atomic mass is 35.5. The van der Waals surface area contributed by atoms with Crippen molar-refractivity contribution in [3.8, 4) is 0 Å². The zero-order valence-corrected chi connectivity index (χ0v) is 19.9. The summed E-state index contributed by atoms with van der Waals surface area (Å²) in [5.74, 6) is 0.584. The van der Waals surface area contributed by atoms with Gasteiger partial charge in [0.05, 0.1) is 0 Å². The number of carbonyl (C=O) groups is 2. The lowest BCUT2D eigenvalue weighted by Gasteiger charge is -2.41. The highest BCUT2D eigenvalue weighted by Gasteiger charge is 2.47. The molecule has 0 saturated carbocycles. The first-order valence-corrected chi connectivity index (χ1v) is 11.9. The van der Waals surface area contributed by atoms with Crippen LogP contribution in [-0.2, 0) is 21.4 Å². The molecule has 0 bridgehead atoms.